The van der Waals surface area contributed by atoms with E-state index in [4.69, 9.17) is 11.6 Å². The second-order valence-corrected chi connectivity index (χ2v) is 4.78. The molecule has 13 heavy (non-hydrogen) atoms. The second kappa shape index (κ2) is 4.87. The standard InChI is InChI=1S/C10H13BrClN/c1-7(2)6-13-10-4-8(11)3-9(12)5-10/h3-5,7,13H,6H2,1-2H3. The lowest BCUT2D eigenvalue weighted by Crippen LogP contribution is -2.07. The molecule has 0 bridgehead atoms. The van der Waals surface area contributed by atoms with Gasteiger partial charge in [-0.15, -0.1) is 0 Å². The van der Waals surface area contributed by atoms with E-state index in [2.05, 4.69) is 35.1 Å². The van der Waals surface area contributed by atoms with Gasteiger partial charge >= 0.3 is 0 Å². The maximum atomic E-state index is 5.90. The Morgan fingerprint density at radius 2 is 2.08 bits per heavy atom. The normalized spacial score (nSPS) is 10.5. The molecule has 0 atom stereocenters. The summed E-state index contributed by atoms with van der Waals surface area (Å²) < 4.78 is 1.01. The molecule has 1 N–H and O–H groups in total. The molecule has 0 saturated carbocycles. The van der Waals surface area contributed by atoms with Gasteiger partial charge < -0.3 is 5.32 Å². The number of hydrogen-bond acceptors (Lipinski definition) is 1. The predicted molar refractivity (Wildman–Crippen MR) is 62.5 cm³/mol. The molecule has 0 aromatic heterocycles. The van der Waals surface area contributed by atoms with Gasteiger partial charge in [-0.1, -0.05) is 41.4 Å². The van der Waals surface area contributed by atoms with Crippen molar-refractivity contribution in [2.75, 3.05) is 11.9 Å². The molecule has 0 aliphatic rings. The van der Waals surface area contributed by atoms with Crippen LogP contribution in [0.1, 0.15) is 13.8 Å². The number of halogens is 2. The van der Waals surface area contributed by atoms with Crippen molar-refractivity contribution in [2.24, 2.45) is 5.92 Å². The van der Waals surface area contributed by atoms with E-state index in [1.807, 2.05) is 18.2 Å². The molecule has 0 fully saturated rings. The van der Waals surface area contributed by atoms with Gasteiger partial charge in [0.25, 0.3) is 0 Å². The fourth-order valence-corrected chi connectivity index (χ4v) is 1.84. The summed E-state index contributed by atoms with van der Waals surface area (Å²) in [4.78, 5) is 0. The molecule has 0 aliphatic carbocycles. The second-order valence-electron chi connectivity index (χ2n) is 3.43. The minimum absolute atomic E-state index is 0.637. The topological polar surface area (TPSA) is 12.0 Å². The summed E-state index contributed by atoms with van der Waals surface area (Å²) in [5.74, 6) is 0.637. The van der Waals surface area contributed by atoms with E-state index in [9.17, 15) is 0 Å². The Bertz CT molecular complexity index is 266. The molecule has 0 spiro atoms. The third kappa shape index (κ3) is 4.01. The summed E-state index contributed by atoms with van der Waals surface area (Å²) in [6.45, 7) is 5.31. The van der Waals surface area contributed by atoms with Crippen molar-refractivity contribution in [3.63, 3.8) is 0 Å². The Balaban J connectivity index is 2.66. The van der Waals surface area contributed by atoms with E-state index in [-0.39, 0.29) is 0 Å². The monoisotopic (exact) mass is 261 g/mol. The summed E-state index contributed by atoms with van der Waals surface area (Å²) in [6, 6.07) is 5.82. The molecule has 0 heterocycles. The van der Waals surface area contributed by atoms with Crippen LogP contribution in [0.15, 0.2) is 22.7 Å². The van der Waals surface area contributed by atoms with Crippen LogP contribution in [0.5, 0.6) is 0 Å². The van der Waals surface area contributed by atoms with Crippen molar-refractivity contribution in [1.82, 2.24) is 0 Å². The van der Waals surface area contributed by atoms with Gasteiger partial charge in [-0.3, -0.25) is 0 Å². The predicted octanol–water partition coefficient (Wildman–Crippen LogP) is 4.17. The molecule has 1 rings (SSSR count). The molecular formula is C10H13BrClN. The molecule has 0 unspecified atom stereocenters. The molecule has 1 nitrogen and oxygen atoms in total. The first kappa shape index (κ1) is 10.9. The number of hydrogen-bond donors (Lipinski definition) is 1. The molecule has 3 heteroatoms. The Hall–Kier alpha value is -0.210. The highest BCUT2D eigenvalue weighted by atomic mass is 79.9. The van der Waals surface area contributed by atoms with Gasteiger partial charge in [-0.25, -0.2) is 0 Å². The van der Waals surface area contributed by atoms with Crippen molar-refractivity contribution in [1.29, 1.82) is 0 Å². The lowest BCUT2D eigenvalue weighted by atomic mass is 10.2. The van der Waals surface area contributed by atoms with E-state index in [1.165, 1.54) is 0 Å². The minimum Gasteiger partial charge on any atom is -0.385 e. The Kier molecular flexibility index (Phi) is 4.07. The average molecular weight is 263 g/mol. The highest BCUT2D eigenvalue weighted by Crippen LogP contribution is 2.22. The summed E-state index contributed by atoms with van der Waals surface area (Å²) in [6.07, 6.45) is 0. The minimum atomic E-state index is 0.637. The van der Waals surface area contributed by atoms with Crippen LogP contribution in [-0.4, -0.2) is 6.54 Å². The fraction of sp³-hybridized carbons (Fsp3) is 0.400. The van der Waals surface area contributed by atoms with Crippen LogP contribution >= 0.6 is 27.5 Å². The Morgan fingerprint density at radius 3 is 2.62 bits per heavy atom. The number of benzene rings is 1. The summed E-state index contributed by atoms with van der Waals surface area (Å²) in [5.41, 5.74) is 1.06. The largest absolute Gasteiger partial charge is 0.385 e. The fourth-order valence-electron chi connectivity index (χ4n) is 0.978. The van der Waals surface area contributed by atoms with Crippen molar-refractivity contribution in [2.45, 2.75) is 13.8 Å². The smallest absolute Gasteiger partial charge is 0.0437 e. The van der Waals surface area contributed by atoms with E-state index < -0.39 is 0 Å². The van der Waals surface area contributed by atoms with E-state index >= 15 is 0 Å². The maximum Gasteiger partial charge on any atom is 0.0437 e. The molecule has 0 saturated heterocycles. The number of nitrogens with one attached hydrogen (secondary N) is 1. The van der Waals surface area contributed by atoms with Crippen LogP contribution in [0.4, 0.5) is 5.69 Å². The zero-order valence-corrected chi connectivity index (χ0v) is 10.1. The summed E-state index contributed by atoms with van der Waals surface area (Å²) in [5, 5.41) is 4.06. The highest BCUT2D eigenvalue weighted by molar-refractivity contribution is 9.10. The van der Waals surface area contributed by atoms with Crippen molar-refractivity contribution in [3.05, 3.63) is 27.7 Å². The molecule has 1 aromatic rings. The van der Waals surface area contributed by atoms with E-state index in [1.54, 1.807) is 0 Å². The van der Waals surface area contributed by atoms with Crippen LogP contribution in [0.2, 0.25) is 5.02 Å². The van der Waals surface area contributed by atoms with Crippen LogP contribution in [0.25, 0.3) is 0 Å². The average Bonchev–Trinajstić information content (AvgIpc) is 1.99. The lowest BCUT2D eigenvalue weighted by molar-refractivity contribution is 0.689. The zero-order valence-electron chi connectivity index (χ0n) is 7.77. The first-order chi connectivity index (χ1) is 6.08. The summed E-state index contributed by atoms with van der Waals surface area (Å²) >= 11 is 9.29. The molecule has 72 valence electrons. The summed E-state index contributed by atoms with van der Waals surface area (Å²) in [7, 11) is 0. The van der Waals surface area contributed by atoms with Gasteiger partial charge in [0.05, 0.1) is 0 Å². The molecular weight excluding hydrogens is 249 g/mol. The van der Waals surface area contributed by atoms with Crippen molar-refractivity contribution >= 4 is 33.2 Å². The van der Waals surface area contributed by atoms with Gasteiger partial charge in [0, 0.05) is 21.7 Å². The van der Waals surface area contributed by atoms with Gasteiger partial charge in [0.2, 0.25) is 0 Å². The molecule has 1 aromatic carbocycles. The third-order valence-corrected chi connectivity index (χ3v) is 2.25. The van der Waals surface area contributed by atoms with Crippen LogP contribution < -0.4 is 5.32 Å². The lowest BCUT2D eigenvalue weighted by Gasteiger charge is -2.09. The highest BCUT2D eigenvalue weighted by Gasteiger charge is 1.98. The first-order valence-electron chi connectivity index (χ1n) is 4.28. The third-order valence-electron chi connectivity index (χ3n) is 1.58. The van der Waals surface area contributed by atoms with Crippen LogP contribution in [-0.2, 0) is 0 Å². The van der Waals surface area contributed by atoms with E-state index in [0.29, 0.717) is 5.92 Å². The quantitative estimate of drug-likeness (QED) is 0.862. The van der Waals surface area contributed by atoms with E-state index in [0.717, 1.165) is 21.7 Å². The van der Waals surface area contributed by atoms with Gasteiger partial charge in [0.15, 0.2) is 0 Å². The molecule has 0 aliphatic heterocycles. The van der Waals surface area contributed by atoms with Crippen molar-refractivity contribution in [3.8, 4) is 0 Å². The molecule has 0 radical (unpaired) electrons. The Labute approximate surface area is 92.6 Å². The first-order valence-corrected chi connectivity index (χ1v) is 5.45. The van der Waals surface area contributed by atoms with Crippen LogP contribution in [0, 0.1) is 5.92 Å². The van der Waals surface area contributed by atoms with Crippen LogP contribution in [0.3, 0.4) is 0 Å². The van der Waals surface area contributed by atoms with Gasteiger partial charge in [-0.05, 0) is 24.1 Å². The maximum absolute atomic E-state index is 5.90. The molecule has 0 amide bonds. The van der Waals surface area contributed by atoms with Crippen molar-refractivity contribution < 1.29 is 0 Å². The zero-order chi connectivity index (χ0) is 9.84. The van der Waals surface area contributed by atoms with Gasteiger partial charge in [0.1, 0.15) is 0 Å². The Morgan fingerprint density at radius 1 is 1.38 bits per heavy atom. The number of anilines is 1. The SMILES string of the molecule is CC(C)CNc1cc(Cl)cc(Br)c1. The van der Waals surface area contributed by atoms with Gasteiger partial charge in [-0.2, -0.15) is 0 Å². The number of rotatable bonds is 3.